The smallest absolute Gasteiger partial charge is 0.339 e. The maximum atomic E-state index is 11.5. The lowest BCUT2D eigenvalue weighted by atomic mass is 9.46. The summed E-state index contributed by atoms with van der Waals surface area (Å²) in [4.78, 5) is 11.5. The number of aromatic carboxylic acids is 1. The number of carboxylic acid groups (broad SMARTS) is 1. The number of benzene rings is 1. The van der Waals surface area contributed by atoms with Crippen molar-refractivity contribution in [1.82, 2.24) is 0 Å². The lowest BCUT2D eigenvalue weighted by molar-refractivity contribution is -0.260. The SMILES string of the molecule is C=C1CCC2C(C)(CCC3OCOC[C@]32C)C1CCOc1cc(Cl)ccc1C(=O)O. The van der Waals surface area contributed by atoms with Crippen LogP contribution in [0.4, 0.5) is 0 Å². The third-order valence-corrected chi connectivity index (χ3v) is 8.15. The third kappa shape index (κ3) is 3.65. The summed E-state index contributed by atoms with van der Waals surface area (Å²) in [6.07, 6.45) is 5.32. The highest BCUT2D eigenvalue weighted by atomic mass is 35.5. The Morgan fingerprint density at radius 3 is 2.90 bits per heavy atom. The zero-order valence-corrected chi connectivity index (χ0v) is 18.5. The van der Waals surface area contributed by atoms with Crippen LogP contribution < -0.4 is 4.74 Å². The Bertz CT molecular complexity index is 839. The van der Waals surface area contributed by atoms with Gasteiger partial charge in [-0.15, -0.1) is 0 Å². The van der Waals surface area contributed by atoms with Gasteiger partial charge in [-0.25, -0.2) is 4.79 Å². The molecule has 164 valence electrons. The second kappa shape index (κ2) is 8.18. The van der Waals surface area contributed by atoms with Crippen LogP contribution in [0.3, 0.4) is 0 Å². The predicted molar refractivity (Wildman–Crippen MR) is 115 cm³/mol. The average molecular weight is 435 g/mol. The molecule has 1 N–H and O–H groups in total. The molecular weight excluding hydrogens is 404 g/mol. The average Bonchev–Trinajstić information content (AvgIpc) is 2.69. The molecule has 0 spiro atoms. The van der Waals surface area contributed by atoms with Crippen LogP contribution in [-0.2, 0) is 9.47 Å². The minimum atomic E-state index is -1.01. The largest absolute Gasteiger partial charge is 0.493 e. The van der Waals surface area contributed by atoms with Gasteiger partial charge in [0.15, 0.2) is 0 Å². The van der Waals surface area contributed by atoms with Gasteiger partial charge in [0.25, 0.3) is 0 Å². The Balaban J connectivity index is 1.51. The number of allylic oxidation sites excluding steroid dienone is 1. The van der Waals surface area contributed by atoms with E-state index in [1.54, 1.807) is 12.1 Å². The Morgan fingerprint density at radius 2 is 2.13 bits per heavy atom. The summed E-state index contributed by atoms with van der Waals surface area (Å²) in [5, 5.41) is 9.89. The molecule has 1 saturated heterocycles. The topological polar surface area (TPSA) is 65.0 Å². The molecule has 2 saturated carbocycles. The van der Waals surface area contributed by atoms with Gasteiger partial charge < -0.3 is 19.3 Å². The zero-order chi connectivity index (χ0) is 21.5. The monoisotopic (exact) mass is 434 g/mol. The summed E-state index contributed by atoms with van der Waals surface area (Å²) >= 11 is 6.06. The summed E-state index contributed by atoms with van der Waals surface area (Å²) < 4.78 is 17.7. The van der Waals surface area contributed by atoms with Crippen LogP contribution in [0.2, 0.25) is 5.02 Å². The molecule has 5 nitrogen and oxygen atoms in total. The van der Waals surface area contributed by atoms with Crippen LogP contribution in [-0.4, -0.2) is 37.2 Å². The number of rotatable bonds is 5. The van der Waals surface area contributed by atoms with E-state index in [0.717, 1.165) is 38.7 Å². The van der Waals surface area contributed by atoms with Crippen molar-refractivity contribution in [3.8, 4) is 5.75 Å². The van der Waals surface area contributed by atoms with E-state index in [0.29, 0.717) is 36.0 Å². The Kier molecular flexibility index (Phi) is 5.90. The molecule has 1 aromatic carbocycles. The maximum absolute atomic E-state index is 11.5. The molecule has 30 heavy (non-hydrogen) atoms. The van der Waals surface area contributed by atoms with Crippen molar-refractivity contribution in [3.63, 3.8) is 0 Å². The molecular formula is C24H31ClO5. The highest BCUT2D eigenvalue weighted by Gasteiger charge is 2.59. The van der Waals surface area contributed by atoms with Crippen molar-refractivity contribution in [2.45, 2.75) is 52.1 Å². The van der Waals surface area contributed by atoms with E-state index in [-0.39, 0.29) is 22.5 Å². The van der Waals surface area contributed by atoms with Gasteiger partial charge in [-0.2, -0.15) is 0 Å². The highest BCUT2D eigenvalue weighted by Crippen LogP contribution is 2.62. The Hall–Kier alpha value is -1.56. The van der Waals surface area contributed by atoms with Crippen molar-refractivity contribution in [2.24, 2.45) is 22.7 Å². The molecule has 5 atom stereocenters. The number of hydrogen-bond acceptors (Lipinski definition) is 4. The molecule has 0 aromatic heterocycles. The molecule has 0 amide bonds. The molecule has 3 aliphatic rings. The van der Waals surface area contributed by atoms with Gasteiger partial charge in [-0.1, -0.05) is 37.6 Å². The van der Waals surface area contributed by atoms with Gasteiger partial charge in [-0.05, 0) is 67.6 Å². The van der Waals surface area contributed by atoms with Crippen molar-refractivity contribution in [1.29, 1.82) is 0 Å². The van der Waals surface area contributed by atoms with Crippen LogP contribution in [0.25, 0.3) is 0 Å². The zero-order valence-electron chi connectivity index (χ0n) is 17.8. The fourth-order valence-electron chi connectivity index (χ4n) is 6.44. The van der Waals surface area contributed by atoms with Gasteiger partial charge in [-0.3, -0.25) is 0 Å². The van der Waals surface area contributed by atoms with E-state index in [1.807, 2.05) is 0 Å². The van der Waals surface area contributed by atoms with Gasteiger partial charge in [0, 0.05) is 10.4 Å². The molecule has 4 unspecified atom stereocenters. The molecule has 1 aliphatic heterocycles. The van der Waals surface area contributed by atoms with Gasteiger partial charge >= 0.3 is 5.97 Å². The molecule has 3 fully saturated rings. The third-order valence-electron chi connectivity index (χ3n) is 7.92. The second-order valence-corrected chi connectivity index (χ2v) is 9.99. The van der Waals surface area contributed by atoms with Crippen LogP contribution in [0, 0.1) is 22.7 Å². The number of halogens is 1. The number of hydrogen-bond donors (Lipinski definition) is 1. The lowest BCUT2D eigenvalue weighted by Crippen LogP contribution is -2.60. The van der Waals surface area contributed by atoms with Crippen LogP contribution in [0.5, 0.6) is 5.75 Å². The van der Waals surface area contributed by atoms with Crippen molar-refractivity contribution < 1.29 is 24.1 Å². The van der Waals surface area contributed by atoms with E-state index in [4.69, 9.17) is 25.8 Å². The second-order valence-electron chi connectivity index (χ2n) is 9.56. The van der Waals surface area contributed by atoms with E-state index in [9.17, 15) is 9.90 Å². The van der Waals surface area contributed by atoms with Gasteiger partial charge in [0.05, 0.1) is 19.3 Å². The molecule has 1 aromatic rings. The van der Waals surface area contributed by atoms with E-state index < -0.39 is 5.97 Å². The first kappa shape index (κ1) is 21.7. The molecule has 0 radical (unpaired) electrons. The molecule has 1 heterocycles. The minimum absolute atomic E-state index is 0.0223. The lowest BCUT2D eigenvalue weighted by Gasteiger charge is -2.62. The summed E-state index contributed by atoms with van der Waals surface area (Å²) in [5.41, 5.74) is 1.55. The minimum Gasteiger partial charge on any atom is -0.493 e. The molecule has 0 bridgehead atoms. The summed E-state index contributed by atoms with van der Waals surface area (Å²) in [6, 6.07) is 4.64. The van der Waals surface area contributed by atoms with E-state index >= 15 is 0 Å². The van der Waals surface area contributed by atoms with Crippen molar-refractivity contribution in [2.75, 3.05) is 20.0 Å². The van der Waals surface area contributed by atoms with Crippen LogP contribution in [0.15, 0.2) is 30.4 Å². The first-order valence-corrected chi connectivity index (χ1v) is 11.2. The highest BCUT2D eigenvalue weighted by molar-refractivity contribution is 6.30. The van der Waals surface area contributed by atoms with Gasteiger partial charge in [0.1, 0.15) is 18.1 Å². The molecule has 4 rings (SSSR count). The van der Waals surface area contributed by atoms with Crippen LogP contribution in [0.1, 0.15) is 56.3 Å². The summed E-state index contributed by atoms with van der Waals surface area (Å²) in [7, 11) is 0. The van der Waals surface area contributed by atoms with Crippen LogP contribution >= 0.6 is 11.6 Å². The maximum Gasteiger partial charge on any atom is 0.339 e. The van der Waals surface area contributed by atoms with E-state index in [2.05, 4.69) is 20.4 Å². The predicted octanol–water partition coefficient (Wildman–Crippen LogP) is 5.57. The summed E-state index contributed by atoms with van der Waals surface area (Å²) in [5.74, 6) is 0.130. The fraction of sp³-hybridized carbons (Fsp3) is 0.625. The number of carbonyl (C=O) groups is 1. The number of carboxylic acids is 1. The van der Waals surface area contributed by atoms with E-state index in [1.165, 1.54) is 11.6 Å². The van der Waals surface area contributed by atoms with Gasteiger partial charge in [0.2, 0.25) is 0 Å². The molecule has 6 heteroatoms. The fourth-order valence-corrected chi connectivity index (χ4v) is 6.60. The standard InChI is InChI=1S/C24H31ClO5/c1-15-4-7-20-23(2,10-8-21-24(20,3)13-28-14-30-21)18(15)9-11-29-19-12-16(25)5-6-17(19)22(26)27/h5-6,12,18,20-21H,1,4,7-11,13-14H2,2-3H3,(H,26,27)/t18?,20?,21?,23?,24-/m0/s1. The quantitative estimate of drug-likeness (QED) is 0.614. The first-order valence-electron chi connectivity index (χ1n) is 10.8. The first-order chi connectivity index (χ1) is 14.3. The number of fused-ring (bicyclic) bond motifs is 3. The normalized spacial score (nSPS) is 36.0. The number of ether oxygens (including phenoxy) is 3. The molecule has 2 aliphatic carbocycles. The summed E-state index contributed by atoms with van der Waals surface area (Å²) in [6.45, 7) is 10.7. The van der Waals surface area contributed by atoms with Crippen molar-refractivity contribution in [3.05, 3.63) is 40.9 Å². The Labute approximate surface area is 183 Å². The Morgan fingerprint density at radius 1 is 1.33 bits per heavy atom. The van der Waals surface area contributed by atoms with Crippen molar-refractivity contribution >= 4 is 17.6 Å².